The molecular weight excluding hydrogens is 258 g/mol. The van der Waals surface area contributed by atoms with E-state index >= 15 is 0 Å². The molecule has 1 aromatic rings. The molecule has 0 aliphatic carbocycles. The van der Waals surface area contributed by atoms with Crippen molar-refractivity contribution in [1.82, 2.24) is 4.57 Å². The predicted molar refractivity (Wildman–Crippen MR) is 75.4 cm³/mol. The van der Waals surface area contributed by atoms with E-state index in [1.54, 1.807) is 18.4 Å². The molecule has 5 heteroatoms. The van der Waals surface area contributed by atoms with Crippen LogP contribution in [0.15, 0.2) is 10.9 Å². The lowest BCUT2D eigenvalue weighted by molar-refractivity contribution is 0.0503. The molecule has 1 unspecified atom stereocenters. The topological polar surface area (TPSA) is 68.5 Å². The van der Waals surface area contributed by atoms with Crippen LogP contribution in [-0.2, 0) is 4.74 Å². The van der Waals surface area contributed by atoms with Crippen LogP contribution < -0.4 is 5.56 Å². The van der Waals surface area contributed by atoms with E-state index in [1.807, 2.05) is 6.92 Å². The smallest absolute Gasteiger partial charge is 0.337 e. The van der Waals surface area contributed by atoms with E-state index in [0.717, 1.165) is 12.8 Å². The van der Waals surface area contributed by atoms with Crippen molar-refractivity contribution in [2.75, 3.05) is 13.2 Å². The Morgan fingerprint density at radius 3 is 2.55 bits per heavy atom. The Bertz CT molecular complexity index is 570. The van der Waals surface area contributed by atoms with Crippen LogP contribution >= 0.6 is 0 Å². The molecule has 1 fully saturated rings. The van der Waals surface area contributed by atoms with Crippen LogP contribution in [0.1, 0.15) is 47.4 Å². The third-order valence-corrected chi connectivity index (χ3v) is 4.26. The van der Waals surface area contributed by atoms with Crippen LogP contribution in [0.5, 0.6) is 0 Å². The first kappa shape index (κ1) is 14.8. The quantitative estimate of drug-likeness (QED) is 0.920. The summed E-state index contributed by atoms with van der Waals surface area (Å²) in [5.74, 6) is -0.627. The van der Waals surface area contributed by atoms with Gasteiger partial charge in [0.1, 0.15) is 0 Å². The van der Waals surface area contributed by atoms with Crippen molar-refractivity contribution in [1.29, 1.82) is 0 Å². The molecule has 1 aliphatic heterocycles. The van der Waals surface area contributed by atoms with Gasteiger partial charge in [-0.25, -0.2) is 4.79 Å². The Morgan fingerprint density at radius 2 is 2.00 bits per heavy atom. The first-order valence-corrected chi connectivity index (χ1v) is 6.97. The Balaban J connectivity index is 2.47. The largest absolute Gasteiger partial charge is 0.478 e. The van der Waals surface area contributed by atoms with Gasteiger partial charge < -0.3 is 14.4 Å². The molecule has 1 aromatic heterocycles. The van der Waals surface area contributed by atoms with Gasteiger partial charge >= 0.3 is 5.97 Å². The molecule has 110 valence electrons. The fourth-order valence-electron chi connectivity index (χ4n) is 3.14. The first-order chi connectivity index (χ1) is 9.43. The van der Waals surface area contributed by atoms with Gasteiger partial charge in [-0.15, -0.1) is 0 Å². The molecule has 1 N–H and O–H groups in total. The standard InChI is InChI=1S/C15H21NO4/c1-9-8-13(17)16(11(3)14(9)15(18)19)10(2)12-4-6-20-7-5-12/h8,10,12H,4-7H2,1-3H3,(H,18,19). The summed E-state index contributed by atoms with van der Waals surface area (Å²) >= 11 is 0. The summed E-state index contributed by atoms with van der Waals surface area (Å²) in [7, 11) is 0. The Kier molecular flexibility index (Phi) is 4.28. The molecule has 2 heterocycles. The van der Waals surface area contributed by atoms with E-state index in [2.05, 4.69) is 0 Å². The highest BCUT2D eigenvalue weighted by molar-refractivity contribution is 5.90. The van der Waals surface area contributed by atoms with E-state index < -0.39 is 5.97 Å². The molecule has 20 heavy (non-hydrogen) atoms. The van der Waals surface area contributed by atoms with E-state index in [4.69, 9.17) is 4.74 Å². The number of hydrogen-bond acceptors (Lipinski definition) is 3. The first-order valence-electron chi connectivity index (χ1n) is 6.97. The van der Waals surface area contributed by atoms with E-state index in [1.165, 1.54) is 6.07 Å². The maximum atomic E-state index is 12.3. The second-order valence-electron chi connectivity index (χ2n) is 5.49. The molecule has 0 spiro atoms. The number of nitrogens with zero attached hydrogens (tertiary/aromatic N) is 1. The highest BCUT2D eigenvalue weighted by Crippen LogP contribution is 2.28. The second-order valence-corrected chi connectivity index (χ2v) is 5.49. The number of carboxylic acid groups (broad SMARTS) is 1. The fraction of sp³-hybridized carbons (Fsp3) is 0.600. The highest BCUT2D eigenvalue weighted by atomic mass is 16.5. The van der Waals surface area contributed by atoms with Gasteiger partial charge in [0, 0.05) is 31.0 Å². The minimum atomic E-state index is -0.979. The van der Waals surface area contributed by atoms with Crippen LogP contribution in [-0.4, -0.2) is 28.9 Å². The van der Waals surface area contributed by atoms with Gasteiger partial charge in [-0.3, -0.25) is 4.79 Å². The number of aromatic carboxylic acids is 1. The summed E-state index contributed by atoms with van der Waals surface area (Å²) in [6, 6.07) is 1.41. The SMILES string of the molecule is Cc1cc(=O)n(C(C)C2CCOCC2)c(C)c1C(=O)O. The van der Waals surface area contributed by atoms with Crippen LogP contribution in [0.2, 0.25) is 0 Å². The van der Waals surface area contributed by atoms with Gasteiger partial charge in [-0.05, 0) is 45.1 Å². The number of ether oxygens (including phenoxy) is 1. The zero-order chi connectivity index (χ0) is 14.9. The zero-order valence-electron chi connectivity index (χ0n) is 12.2. The Labute approximate surface area is 118 Å². The monoisotopic (exact) mass is 279 g/mol. The molecule has 2 rings (SSSR count). The average Bonchev–Trinajstić information content (AvgIpc) is 2.38. The molecule has 0 amide bonds. The molecule has 0 aromatic carbocycles. The molecule has 5 nitrogen and oxygen atoms in total. The summed E-state index contributed by atoms with van der Waals surface area (Å²) < 4.78 is 6.98. The molecule has 0 bridgehead atoms. The Morgan fingerprint density at radius 1 is 1.40 bits per heavy atom. The predicted octanol–water partition coefficient (Wildman–Crippen LogP) is 2.15. The van der Waals surface area contributed by atoms with Crippen molar-refractivity contribution >= 4 is 5.97 Å². The van der Waals surface area contributed by atoms with Crippen LogP contribution in [0.3, 0.4) is 0 Å². The van der Waals surface area contributed by atoms with Crippen molar-refractivity contribution in [3.8, 4) is 0 Å². The van der Waals surface area contributed by atoms with Crippen molar-refractivity contribution < 1.29 is 14.6 Å². The molecule has 1 saturated heterocycles. The molecular formula is C15H21NO4. The van der Waals surface area contributed by atoms with E-state index in [0.29, 0.717) is 30.4 Å². The minimum absolute atomic E-state index is 0.00917. The van der Waals surface area contributed by atoms with Gasteiger partial charge in [-0.1, -0.05) is 0 Å². The molecule has 0 saturated carbocycles. The van der Waals surface area contributed by atoms with Crippen molar-refractivity contribution in [3.05, 3.63) is 33.2 Å². The number of aryl methyl sites for hydroxylation is 1. The summed E-state index contributed by atoms with van der Waals surface area (Å²) in [6.45, 7) is 6.79. The number of rotatable bonds is 3. The summed E-state index contributed by atoms with van der Waals surface area (Å²) in [6.07, 6.45) is 1.81. The minimum Gasteiger partial charge on any atom is -0.478 e. The lowest BCUT2D eigenvalue weighted by Gasteiger charge is -2.30. The maximum Gasteiger partial charge on any atom is 0.337 e. The van der Waals surface area contributed by atoms with Crippen molar-refractivity contribution in [3.63, 3.8) is 0 Å². The number of carboxylic acids is 1. The lowest BCUT2D eigenvalue weighted by Crippen LogP contribution is -2.33. The van der Waals surface area contributed by atoms with Crippen LogP contribution in [0, 0.1) is 19.8 Å². The van der Waals surface area contributed by atoms with Gasteiger partial charge in [-0.2, -0.15) is 0 Å². The number of pyridine rings is 1. The highest BCUT2D eigenvalue weighted by Gasteiger charge is 2.25. The maximum absolute atomic E-state index is 12.3. The van der Waals surface area contributed by atoms with Gasteiger partial charge in [0.25, 0.3) is 5.56 Å². The Hall–Kier alpha value is -1.62. The summed E-state index contributed by atoms with van der Waals surface area (Å²) in [4.78, 5) is 23.6. The van der Waals surface area contributed by atoms with Gasteiger partial charge in [0.15, 0.2) is 0 Å². The second kappa shape index (κ2) is 5.79. The fourth-order valence-corrected chi connectivity index (χ4v) is 3.14. The molecule has 0 radical (unpaired) electrons. The van der Waals surface area contributed by atoms with Crippen molar-refractivity contribution in [2.45, 2.75) is 39.7 Å². The van der Waals surface area contributed by atoms with Crippen LogP contribution in [0.25, 0.3) is 0 Å². The number of hydrogen-bond donors (Lipinski definition) is 1. The average molecular weight is 279 g/mol. The van der Waals surface area contributed by atoms with Crippen molar-refractivity contribution in [2.24, 2.45) is 5.92 Å². The molecule has 1 atom stereocenters. The van der Waals surface area contributed by atoms with Gasteiger partial charge in [0.2, 0.25) is 0 Å². The third-order valence-electron chi connectivity index (χ3n) is 4.26. The summed E-state index contributed by atoms with van der Waals surface area (Å²) in [5.41, 5.74) is 1.18. The number of carbonyl (C=O) groups is 1. The van der Waals surface area contributed by atoms with E-state index in [-0.39, 0.29) is 17.2 Å². The zero-order valence-corrected chi connectivity index (χ0v) is 12.2. The van der Waals surface area contributed by atoms with Crippen LogP contribution in [0.4, 0.5) is 0 Å². The number of aromatic nitrogens is 1. The summed E-state index contributed by atoms with van der Waals surface area (Å²) in [5, 5.41) is 9.32. The van der Waals surface area contributed by atoms with E-state index in [9.17, 15) is 14.7 Å². The molecule has 1 aliphatic rings. The normalized spacial score (nSPS) is 17.9. The van der Waals surface area contributed by atoms with Gasteiger partial charge in [0.05, 0.1) is 5.56 Å². The third kappa shape index (κ3) is 2.63. The lowest BCUT2D eigenvalue weighted by atomic mass is 9.92.